The van der Waals surface area contributed by atoms with E-state index < -0.39 is 18.1 Å². The van der Waals surface area contributed by atoms with Crippen molar-refractivity contribution in [1.29, 1.82) is 0 Å². The fourth-order valence-corrected chi connectivity index (χ4v) is 6.85. The summed E-state index contributed by atoms with van der Waals surface area (Å²) in [4.78, 5) is 25.1. The van der Waals surface area contributed by atoms with Crippen LogP contribution < -0.4 is 10.2 Å². The molecule has 0 spiro atoms. The minimum absolute atomic E-state index is 0.160. The second-order valence-electron chi connectivity index (χ2n) is 11.3. The zero-order chi connectivity index (χ0) is 27.2. The zero-order valence-corrected chi connectivity index (χ0v) is 23.8. The molecular formula is C27H33Cl3FN5O2. The Morgan fingerprint density at radius 3 is 2.61 bits per heavy atom. The van der Waals surface area contributed by atoms with E-state index in [0.717, 1.165) is 51.0 Å². The maximum atomic E-state index is 13.8. The topological polar surface area (TPSA) is 81.6 Å². The van der Waals surface area contributed by atoms with E-state index in [4.69, 9.17) is 34.8 Å². The van der Waals surface area contributed by atoms with E-state index in [-0.39, 0.29) is 16.8 Å². The van der Waals surface area contributed by atoms with Crippen molar-refractivity contribution in [2.45, 2.75) is 58.3 Å². The molecule has 2 aromatic rings. The number of halogens is 4. The van der Waals surface area contributed by atoms with Crippen LogP contribution in [-0.4, -0.2) is 58.2 Å². The number of likely N-dealkylation sites (tertiary alicyclic amines) is 1. The van der Waals surface area contributed by atoms with E-state index in [0.29, 0.717) is 39.7 Å². The molecule has 7 nitrogen and oxygen atoms in total. The van der Waals surface area contributed by atoms with Gasteiger partial charge < -0.3 is 20.2 Å². The number of piperidine rings is 1. The Balaban J connectivity index is 1.23. The summed E-state index contributed by atoms with van der Waals surface area (Å²) in [6.07, 6.45) is 3.75. The van der Waals surface area contributed by atoms with Gasteiger partial charge in [-0.3, -0.25) is 4.79 Å². The molecule has 3 fully saturated rings. The molecule has 2 N–H and O–H groups in total. The minimum Gasteiger partial charge on any atom is -0.481 e. The lowest BCUT2D eigenvalue weighted by Crippen LogP contribution is -2.58. The molecule has 2 saturated heterocycles. The van der Waals surface area contributed by atoms with Gasteiger partial charge >= 0.3 is 5.97 Å². The van der Waals surface area contributed by atoms with Crippen molar-refractivity contribution >= 4 is 52.5 Å². The maximum absolute atomic E-state index is 13.8. The fourth-order valence-electron chi connectivity index (χ4n) is 6.09. The molecule has 1 aliphatic carbocycles. The number of nitrogens with one attached hydrogen (secondary N) is 1. The number of anilines is 2. The SMILES string of the molecule is C[C@@H](Nc1nc(N2CC(C3CCCN(C4CC(C)(C(=O)O)C4)C3)C2)nc(CF)c1Cl)c1ccc(Cl)cc1Cl. The van der Waals surface area contributed by atoms with Crippen LogP contribution in [0.4, 0.5) is 16.2 Å². The predicted molar refractivity (Wildman–Crippen MR) is 149 cm³/mol. The van der Waals surface area contributed by atoms with Gasteiger partial charge in [0.25, 0.3) is 0 Å². The van der Waals surface area contributed by atoms with Gasteiger partial charge in [0, 0.05) is 35.7 Å². The fraction of sp³-hybridized carbons (Fsp3) is 0.593. The highest BCUT2D eigenvalue weighted by atomic mass is 35.5. The van der Waals surface area contributed by atoms with Crippen LogP contribution in [0, 0.1) is 17.3 Å². The van der Waals surface area contributed by atoms with Crippen LogP contribution in [-0.2, 0) is 11.5 Å². The number of carboxylic acid groups (broad SMARTS) is 1. The number of rotatable bonds is 8. The monoisotopic (exact) mass is 583 g/mol. The number of aromatic nitrogens is 2. The average Bonchev–Trinajstić information content (AvgIpc) is 2.82. The largest absolute Gasteiger partial charge is 0.481 e. The molecule has 206 valence electrons. The van der Waals surface area contributed by atoms with Crippen LogP contribution in [0.25, 0.3) is 0 Å². The minimum atomic E-state index is -0.787. The first-order chi connectivity index (χ1) is 18.1. The third kappa shape index (κ3) is 5.42. The number of hydrogen-bond donors (Lipinski definition) is 2. The number of carbonyl (C=O) groups is 1. The smallest absolute Gasteiger partial charge is 0.309 e. The Kier molecular flexibility index (Phi) is 7.98. The van der Waals surface area contributed by atoms with Gasteiger partial charge in [0.2, 0.25) is 5.95 Å². The van der Waals surface area contributed by atoms with Crippen LogP contribution in [0.1, 0.15) is 56.8 Å². The predicted octanol–water partition coefficient (Wildman–Crippen LogP) is 6.48. The quantitative estimate of drug-likeness (QED) is 0.367. The Morgan fingerprint density at radius 2 is 1.95 bits per heavy atom. The van der Waals surface area contributed by atoms with Gasteiger partial charge in [-0.25, -0.2) is 9.37 Å². The van der Waals surface area contributed by atoms with Gasteiger partial charge in [-0.2, -0.15) is 4.98 Å². The van der Waals surface area contributed by atoms with E-state index in [1.165, 1.54) is 6.42 Å². The van der Waals surface area contributed by atoms with Gasteiger partial charge in [0.1, 0.15) is 11.7 Å². The van der Waals surface area contributed by atoms with Crippen LogP contribution >= 0.6 is 34.8 Å². The first-order valence-electron chi connectivity index (χ1n) is 13.1. The molecule has 3 aliphatic rings. The van der Waals surface area contributed by atoms with Gasteiger partial charge in [-0.1, -0.05) is 40.9 Å². The highest BCUT2D eigenvalue weighted by Gasteiger charge is 2.49. The molecule has 1 unspecified atom stereocenters. The van der Waals surface area contributed by atoms with Crippen molar-refractivity contribution in [3.63, 3.8) is 0 Å². The van der Waals surface area contributed by atoms with Gasteiger partial charge in [-0.05, 0) is 75.6 Å². The second-order valence-corrected chi connectivity index (χ2v) is 12.5. The standard InChI is InChI=1S/C27H33Cl3FN5O2/c1-15(20-6-5-18(28)8-21(20)29)32-24-23(30)22(11-31)33-26(34-24)36-13-17(14-36)16-4-3-7-35(12-16)19-9-27(2,10-19)25(37)38/h5-6,8,15-17,19H,3-4,7,9-14H2,1-2H3,(H,37,38)(H,32,33,34)/t15-,16?,19?,27?/m1/s1. The zero-order valence-electron chi connectivity index (χ0n) is 21.6. The summed E-state index contributed by atoms with van der Waals surface area (Å²) >= 11 is 18.9. The average molecular weight is 585 g/mol. The maximum Gasteiger partial charge on any atom is 0.309 e. The Labute approximate surface area is 237 Å². The molecule has 5 rings (SSSR count). The normalized spacial score (nSPS) is 26.9. The first-order valence-corrected chi connectivity index (χ1v) is 14.3. The molecule has 2 aliphatic heterocycles. The Hall–Kier alpha value is -1.87. The van der Waals surface area contributed by atoms with Crippen LogP contribution in [0.5, 0.6) is 0 Å². The highest BCUT2D eigenvalue weighted by Crippen LogP contribution is 2.45. The van der Waals surface area contributed by atoms with Crippen molar-refractivity contribution in [3.8, 4) is 0 Å². The van der Waals surface area contributed by atoms with Crippen molar-refractivity contribution in [3.05, 3.63) is 44.5 Å². The summed E-state index contributed by atoms with van der Waals surface area (Å²) in [5, 5.41) is 14.0. The van der Waals surface area contributed by atoms with E-state index in [2.05, 4.69) is 25.1 Å². The summed E-state index contributed by atoms with van der Waals surface area (Å²) in [5.74, 6) is 1.21. The molecule has 2 atom stereocenters. The van der Waals surface area contributed by atoms with Crippen LogP contribution in [0.2, 0.25) is 15.1 Å². The third-order valence-corrected chi connectivity index (χ3v) is 9.53. The van der Waals surface area contributed by atoms with Gasteiger partial charge in [0.05, 0.1) is 17.2 Å². The van der Waals surface area contributed by atoms with Crippen molar-refractivity contribution < 1.29 is 14.3 Å². The Bertz CT molecular complexity index is 1210. The molecule has 1 saturated carbocycles. The van der Waals surface area contributed by atoms with E-state index in [9.17, 15) is 14.3 Å². The summed E-state index contributed by atoms with van der Waals surface area (Å²) < 4.78 is 13.8. The number of aliphatic carboxylic acids is 1. The van der Waals surface area contributed by atoms with Gasteiger partial charge in [0.15, 0.2) is 5.82 Å². The molecule has 11 heteroatoms. The van der Waals surface area contributed by atoms with Crippen molar-refractivity contribution in [1.82, 2.24) is 14.9 Å². The highest BCUT2D eigenvalue weighted by molar-refractivity contribution is 6.35. The molecule has 0 bridgehead atoms. The van der Waals surface area contributed by atoms with E-state index >= 15 is 0 Å². The molecule has 0 radical (unpaired) electrons. The van der Waals surface area contributed by atoms with Crippen LogP contribution in [0.3, 0.4) is 0 Å². The van der Waals surface area contributed by atoms with Crippen molar-refractivity contribution in [2.24, 2.45) is 17.3 Å². The Morgan fingerprint density at radius 1 is 1.21 bits per heavy atom. The first kappa shape index (κ1) is 27.7. The molecular weight excluding hydrogens is 552 g/mol. The lowest BCUT2D eigenvalue weighted by atomic mass is 9.65. The number of carboxylic acids is 1. The molecule has 38 heavy (non-hydrogen) atoms. The summed E-state index contributed by atoms with van der Waals surface area (Å²) in [7, 11) is 0. The summed E-state index contributed by atoms with van der Waals surface area (Å²) in [6, 6.07) is 5.42. The second kappa shape index (κ2) is 11.0. The number of alkyl halides is 1. The number of hydrogen-bond acceptors (Lipinski definition) is 6. The van der Waals surface area contributed by atoms with Crippen LogP contribution in [0.15, 0.2) is 18.2 Å². The number of nitrogens with zero attached hydrogens (tertiary/aromatic N) is 4. The molecule has 1 aromatic carbocycles. The van der Waals surface area contributed by atoms with Gasteiger partial charge in [-0.15, -0.1) is 0 Å². The molecule has 1 aromatic heterocycles. The summed E-state index contributed by atoms with van der Waals surface area (Å²) in [6.45, 7) is 6.65. The van der Waals surface area contributed by atoms with E-state index in [1.54, 1.807) is 12.1 Å². The number of benzene rings is 1. The summed E-state index contributed by atoms with van der Waals surface area (Å²) in [5.41, 5.74) is 0.412. The lowest BCUT2D eigenvalue weighted by Gasteiger charge is -2.52. The lowest BCUT2D eigenvalue weighted by molar-refractivity contribution is -0.158. The van der Waals surface area contributed by atoms with Crippen molar-refractivity contribution in [2.75, 3.05) is 36.4 Å². The molecule has 3 heterocycles. The third-order valence-electron chi connectivity index (χ3n) is 8.57. The molecule has 0 amide bonds. The van der Waals surface area contributed by atoms with E-state index in [1.807, 2.05) is 19.9 Å².